The van der Waals surface area contributed by atoms with E-state index in [1.165, 1.54) is 18.4 Å². The van der Waals surface area contributed by atoms with Crippen molar-refractivity contribution in [2.24, 2.45) is 5.92 Å². The minimum absolute atomic E-state index is 0.602. The second-order valence-electron chi connectivity index (χ2n) is 5.93. The molecule has 0 saturated carbocycles. The molecule has 1 aliphatic heterocycles. The van der Waals surface area contributed by atoms with Crippen LogP contribution in [0.5, 0.6) is 0 Å². The number of aryl methyl sites for hydroxylation is 1. The van der Waals surface area contributed by atoms with E-state index in [0.717, 1.165) is 37.1 Å². The van der Waals surface area contributed by atoms with Gasteiger partial charge >= 0.3 is 0 Å². The molecular weight excluding hydrogens is 234 g/mol. The Morgan fingerprint density at radius 1 is 1.37 bits per heavy atom. The molecule has 1 aromatic rings. The maximum absolute atomic E-state index is 4.74. The summed E-state index contributed by atoms with van der Waals surface area (Å²) in [6.45, 7) is 12.0. The fraction of sp³-hybridized carbons (Fsp3) is 0.688. The fourth-order valence-corrected chi connectivity index (χ4v) is 2.99. The van der Waals surface area contributed by atoms with Crippen LogP contribution in [0, 0.1) is 12.8 Å². The molecule has 0 aromatic carbocycles. The lowest BCUT2D eigenvalue weighted by Gasteiger charge is -2.37. The molecule has 1 aliphatic rings. The SMILES string of the molecule is CCNCc1cc(C)nc(N2CCC(C)CC2C)c1. The number of nitrogens with zero attached hydrogens (tertiary/aromatic N) is 2. The van der Waals surface area contributed by atoms with Crippen molar-refractivity contribution >= 4 is 5.82 Å². The van der Waals surface area contributed by atoms with Crippen molar-refractivity contribution in [3.8, 4) is 0 Å². The molecule has 0 radical (unpaired) electrons. The van der Waals surface area contributed by atoms with E-state index in [1.807, 2.05) is 0 Å². The molecule has 1 fully saturated rings. The zero-order valence-corrected chi connectivity index (χ0v) is 12.7. The van der Waals surface area contributed by atoms with Crippen molar-refractivity contribution in [2.75, 3.05) is 18.0 Å². The minimum atomic E-state index is 0.602. The maximum atomic E-state index is 4.74. The van der Waals surface area contributed by atoms with Crippen LogP contribution >= 0.6 is 0 Å². The van der Waals surface area contributed by atoms with Gasteiger partial charge in [0, 0.05) is 24.8 Å². The zero-order chi connectivity index (χ0) is 13.8. The minimum Gasteiger partial charge on any atom is -0.354 e. The quantitative estimate of drug-likeness (QED) is 0.902. The number of piperidine rings is 1. The van der Waals surface area contributed by atoms with E-state index in [1.54, 1.807) is 0 Å². The van der Waals surface area contributed by atoms with Gasteiger partial charge in [0.05, 0.1) is 0 Å². The van der Waals surface area contributed by atoms with Crippen LogP contribution in [0.2, 0.25) is 0 Å². The summed E-state index contributed by atoms with van der Waals surface area (Å²) in [6.07, 6.45) is 2.56. The molecule has 1 N–H and O–H groups in total. The largest absolute Gasteiger partial charge is 0.354 e. The third kappa shape index (κ3) is 3.69. The Kier molecular flexibility index (Phi) is 4.81. The Bertz CT molecular complexity index is 416. The second-order valence-corrected chi connectivity index (χ2v) is 5.93. The number of aromatic nitrogens is 1. The third-order valence-corrected chi connectivity index (χ3v) is 4.01. The van der Waals surface area contributed by atoms with Crippen molar-refractivity contribution < 1.29 is 0 Å². The van der Waals surface area contributed by atoms with Crippen LogP contribution in [0.3, 0.4) is 0 Å². The number of hydrogen-bond acceptors (Lipinski definition) is 3. The first-order valence-corrected chi connectivity index (χ1v) is 7.55. The van der Waals surface area contributed by atoms with Gasteiger partial charge in [-0.3, -0.25) is 0 Å². The van der Waals surface area contributed by atoms with Gasteiger partial charge in [-0.1, -0.05) is 13.8 Å². The predicted octanol–water partition coefficient (Wildman–Crippen LogP) is 3.12. The predicted molar refractivity (Wildman–Crippen MR) is 81.6 cm³/mol. The van der Waals surface area contributed by atoms with Crippen LogP contribution in [-0.4, -0.2) is 24.1 Å². The van der Waals surface area contributed by atoms with Crippen LogP contribution in [0.15, 0.2) is 12.1 Å². The van der Waals surface area contributed by atoms with Crippen molar-refractivity contribution in [2.45, 2.75) is 53.1 Å². The number of hydrogen-bond donors (Lipinski definition) is 1. The Labute approximate surface area is 117 Å². The average molecular weight is 261 g/mol. The Balaban J connectivity index is 2.16. The van der Waals surface area contributed by atoms with E-state index >= 15 is 0 Å². The van der Waals surface area contributed by atoms with E-state index in [0.29, 0.717) is 6.04 Å². The summed E-state index contributed by atoms with van der Waals surface area (Å²) < 4.78 is 0. The highest BCUT2D eigenvalue weighted by molar-refractivity contribution is 5.44. The van der Waals surface area contributed by atoms with E-state index in [9.17, 15) is 0 Å². The zero-order valence-electron chi connectivity index (χ0n) is 12.7. The van der Waals surface area contributed by atoms with Crippen molar-refractivity contribution in [3.05, 3.63) is 23.4 Å². The third-order valence-electron chi connectivity index (χ3n) is 4.01. The van der Waals surface area contributed by atoms with Gasteiger partial charge in [0.25, 0.3) is 0 Å². The standard InChI is InChI=1S/C16H27N3/c1-5-17-11-15-9-13(3)18-16(10-15)19-7-6-12(2)8-14(19)4/h9-10,12,14,17H,5-8,11H2,1-4H3. The van der Waals surface area contributed by atoms with Crippen LogP contribution in [0.1, 0.15) is 44.9 Å². The van der Waals surface area contributed by atoms with E-state index in [4.69, 9.17) is 4.98 Å². The molecule has 3 heteroatoms. The summed E-state index contributed by atoms with van der Waals surface area (Å²) in [5.74, 6) is 2.00. The lowest BCUT2D eigenvalue weighted by molar-refractivity contribution is 0.376. The maximum Gasteiger partial charge on any atom is 0.129 e. The van der Waals surface area contributed by atoms with Gasteiger partial charge in [-0.25, -0.2) is 4.98 Å². The molecule has 0 bridgehead atoms. The number of rotatable bonds is 4. The highest BCUT2D eigenvalue weighted by Crippen LogP contribution is 2.27. The first kappa shape index (κ1) is 14.3. The molecular formula is C16H27N3. The molecule has 2 unspecified atom stereocenters. The molecule has 3 nitrogen and oxygen atoms in total. The Morgan fingerprint density at radius 3 is 2.84 bits per heavy atom. The Morgan fingerprint density at radius 2 is 2.16 bits per heavy atom. The molecule has 2 atom stereocenters. The van der Waals surface area contributed by atoms with E-state index in [2.05, 4.69) is 50.0 Å². The van der Waals surface area contributed by atoms with Gasteiger partial charge < -0.3 is 10.2 Å². The molecule has 2 rings (SSSR count). The molecule has 1 aromatic heterocycles. The van der Waals surface area contributed by atoms with E-state index < -0.39 is 0 Å². The van der Waals surface area contributed by atoms with Gasteiger partial charge in [-0.05, 0) is 56.8 Å². The summed E-state index contributed by atoms with van der Waals surface area (Å²) in [7, 11) is 0. The number of nitrogens with one attached hydrogen (secondary N) is 1. The Hall–Kier alpha value is -1.09. The lowest BCUT2D eigenvalue weighted by Crippen LogP contribution is -2.40. The molecule has 1 saturated heterocycles. The van der Waals surface area contributed by atoms with Gasteiger partial charge in [0.2, 0.25) is 0 Å². The molecule has 106 valence electrons. The highest BCUT2D eigenvalue weighted by Gasteiger charge is 2.24. The smallest absolute Gasteiger partial charge is 0.129 e. The molecule has 0 spiro atoms. The van der Waals surface area contributed by atoms with Crippen molar-refractivity contribution in [1.29, 1.82) is 0 Å². The van der Waals surface area contributed by atoms with Gasteiger partial charge in [0.1, 0.15) is 5.82 Å². The summed E-state index contributed by atoms with van der Waals surface area (Å²) >= 11 is 0. The monoisotopic (exact) mass is 261 g/mol. The van der Waals surface area contributed by atoms with Gasteiger partial charge in [0.15, 0.2) is 0 Å². The van der Waals surface area contributed by atoms with Crippen molar-refractivity contribution in [3.63, 3.8) is 0 Å². The summed E-state index contributed by atoms with van der Waals surface area (Å²) in [5, 5.41) is 3.39. The fourth-order valence-electron chi connectivity index (χ4n) is 2.99. The topological polar surface area (TPSA) is 28.2 Å². The van der Waals surface area contributed by atoms with E-state index in [-0.39, 0.29) is 0 Å². The summed E-state index contributed by atoms with van der Waals surface area (Å²) in [4.78, 5) is 7.21. The average Bonchev–Trinajstić information content (AvgIpc) is 2.35. The van der Waals surface area contributed by atoms with Gasteiger partial charge in [-0.2, -0.15) is 0 Å². The molecule has 19 heavy (non-hydrogen) atoms. The summed E-state index contributed by atoms with van der Waals surface area (Å²) in [5.41, 5.74) is 2.46. The first-order chi connectivity index (χ1) is 9.10. The summed E-state index contributed by atoms with van der Waals surface area (Å²) in [6, 6.07) is 5.04. The molecule has 0 amide bonds. The van der Waals surface area contributed by atoms with Crippen molar-refractivity contribution in [1.82, 2.24) is 10.3 Å². The first-order valence-electron chi connectivity index (χ1n) is 7.55. The lowest BCUT2D eigenvalue weighted by atomic mass is 9.93. The van der Waals surface area contributed by atoms with Crippen LogP contribution < -0.4 is 10.2 Å². The number of pyridine rings is 1. The highest BCUT2D eigenvalue weighted by atomic mass is 15.2. The van der Waals surface area contributed by atoms with Crippen LogP contribution in [-0.2, 0) is 6.54 Å². The van der Waals surface area contributed by atoms with Gasteiger partial charge in [-0.15, -0.1) is 0 Å². The molecule has 2 heterocycles. The second kappa shape index (κ2) is 6.38. The normalized spacial score (nSPS) is 23.7. The number of anilines is 1. The molecule has 0 aliphatic carbocycles. The van der Waals surface area contributed by atoms with Crippen LogP contribution in [0.4, 0.5) is 5.82 Å². The van der Waals surface area contributed by atoms with Crippen LogP contribution in [0.25, 0.3) is 0 Å².